The summed E-state index contributed by atoms with van der Waals surface area (Å²) in [6, 6.07) is 8.12. The second-order valence-electron chi connectivity index (χ2n) is 4.16. The smallest absolute Gasteiger partial charge is 0.390 e. The van der Waals surface area contributed by atoms with Crippen LogP contribution < -0.4 is 10.1 Å². The molecule has 0 amide bonds. The average Bonchev–Trinajstić information content (AvgIpc) is 2.32. The highest BCUT2D eigenvalue weighted by molar-refractivity contribution is 5.33. The van der Waals surface area contributed by atoms with E-state index in [-0.39, 0.29) is 13.2 Å². The van der Waals surface area contributed by atoms with Gasteiger partial charge in [0.05, 0.1) is 6.42 Å². The topological polar surface area (TPSA) is 45.0 Å². The van der Waals surface area contributed by atoms with Crippen LogP contribution in [0.1, 0.15) is 18.9 Å². The van der Waals surface area contributed by atoms with Gasteiger partial charge in [-0.1, -0.05) is 18.2 Å². The number of nitrogens with one attached hydrogen (secondary N) is 1. The number of hydrogen-bond donors (Lipinski definition) is 1. The molecule has 6 heteroatoms. The summed E-state index contributed by atoms with van der Waals surface area (Å²) in [7, 11) is 0. The number of rotatable bonds is 6. The Kier molecular flexibility index (Phi) is 5.64. The highest BCUT2D eigenvalue weighted by atomic mass is 19.4. The van der Waals surface area contributed by atoms with Crippen LogP contribution in [0.3, 0.4) is 0 Å². The average molecular weight is 272 g/mol. The van der Waals surface area contributed by atoms with E-state index in [4.69, 9.17) is 10.00 Å². The Morgan fingerprint density at radius 2 is 2.05 bits per heavy atom. The molecule has 1 rings (SSSR count). The molecule has 1 unspecified atom stereocenters. The monoisotopic (exact) mass is 272 g/mol. The van der Waals surface area contributed by atoms with Crippen LogP contribution in [0.15, 0.2) is 24.3 Å². The molecule has 3 nitrogen and oxygen atoms in total. The maximum absolute atomic E-state index is 12.2. The quantitative estimate of drug-likeness (QED) is 0.865. The molecule has 0 radical (unpaired) electrons. The molecule has 0 aromatic heterocycles. The van der Waals surface area contributed by atoms with E-state index in [0.29, 0.717) is 5.75 Å². The molecular weight excluding hydrogens is 257 g/mol. The van der Waals surface area contributed by atoms with Crippen LogP contribution in [-0.2, 0) is 6.54 Å². The van der Waals surface area contributed by atoms with Gasteiger partial charge < -0.3 is 10.1 Å². The molecule has 0 saturated heterocycles. The van der Waals surface area contributed by atoms with E-state index < -0.39 is 18.6 Å². The lowest BCUT2D eigenvalue weighted by Crippen LogP contribution is -2.30. The minimum absolute atomic E-state index is 0.0882. The Balaban J connectivity index is 2.55. The van der Waals surface area contributed by atoms with Crippen molar-refractivity contribution in [3.8, 4) is 11.8 Å². The summed E-state index contributed by atoms with van der Waals surface area (Å²) in [6.07, 6.45) is -5.06. The van der Waals surface area contributed by atoms with Crippen LogP contribution in [0.2, 0.25) is 0 Å². The lowest BCUT2D eigenvalue weighted by molar-refractivity contribution is -0.139. The van der Waals surface area contributed by atoms with Crippen molar-refractivity contribution in [2.45, 2.75) is 32.1 Å². The fraction of sp³-hybridized carbons (Fsp3) is 0.462. The van der Waals surface area contributed by atoms with Gasteiger partial charge in [0, 0.05) is 18.2 Å². The SMILES string of the molecule is CC(CC(F)(F)F)NCc1ccccc1OCC#N. The Morgan fingerprint density at radius 1 is 1.37 bits per heavy atom. The number of alkyl halides is 3. The first kappa shape index (κ1) is 15.3. The van der Waals surface area contributed by atoms with Crippen LogP contribution in [-0.4, -0.2) is 18.8 Å². The van der Waals surface area contributed by atoms with Crippen molar-refractivity contribution in [2.75, 3.05) is 6.61 Å². The number of benzene rings is 1. The minimum Gasteiger partial charge on any atom is -0.478 e. The molecule has 0 fully saturated rings. The van der Waals surface area contributed by atoms with Crippen molar-refractivity contribution in [1.29, 1.82) is 5.26 Å². The van der Waals surface area contributed by atoms with Crippen molar-refractivity contribution in [3.63, 3.8) is 0 Å². The molecule has 1 aromatic rings. The normalized spacial score (nSPS) is 12.8. The first-order valence-electron chi connectivity index (χ1n) is 5.80. The predicted octanol–water partition coefficient (Wildman–Crippen LogP) is 3.02. The number of para-hydroxylation sites is 1. The van der Waals surface area contributed by atoms with Crippen LogP contribution in [0, 0.1) is 11.3 Å². The maximum Gasteiger partial charge on any atom is 0.390 e. The zero-order valence-electron chi connectivity index (χ0n) is 10.5. The zero-order valence-corrected chi connectivity index (χ0v) is 10.5. The van der Waals surface area contributed by atoms with E-state index in [1.165, 1.54) is 6.92 Å². The van der Waals surface area contributed by atoms with Crippen LogP contribution >= 0.6 is 0 Å². The summed E-state index contributed by atoms with van der Waals surface area (Å²) in [5.74, 6) is 0.510. The number of nitriles is 1. The molecule has 19 heavy (non-hydrogen) atoms. The zero-order chi connectivity index (χ0) is 14.3. The van der Waals surface area contributed by atoms with Crippen molar-refractivity contribution < 1.29 is 17.9 Å². The van der Waals surface area contributed by atoms with Crippen molar-refractivity contribution in [2.24, 2.45) is 0 Å². The summed E-state index contributed by atoms with van der Waals surface area (Å²) in [5.41, 5.74) is 0.728. The summed E-state index contributed by atoms with van der Waals surface area (Å²) in [5, 5.41) is 11.2. The van der Waals surface area contributed by atoms with Gasteiger partial charge in [-0.15, -0.1) is 0 Å². The third-order valence-corrected chi connectivity index (χ3v) is 2.44. The summed E-state index contributed by atoms with van der Waals surface area (Å²) >= 11 is 0. The number of ether oxygens (including phenoxy) is 1. The second-order valence-corrected chi connectivity index (χ2v) is 4.16. The molecule has 104 valence electrons. The number of halogens is 3. The lowest BCUT2D eigenvalue weighted by Gasteiger charge is -2.17. The second kappa shape index (κ2) is 7.00. The molecule has 1 atom stereocenters. The van der Waals surface area contributed by atoms with Crippen LogP contribution in [0.5, 0.6) is 5.75 Å². The lowest BCUT2D eigenvalue weighted by atomic mass is 10.1. The van der Waals surface area contributed by atoms with Gasteiger partial charge in [-0.25, -0.2) is 0 Å². The van der Waals surface area contributed by atoms with Crippen LogP contribution in [0.4, 0.5) is 13.2 Å². The molecule has 0 spiro atoms. The molecule has 0 bridgehead atoms. The van der Waals surface area contributed by atoms with E-state index in [9.17, 15) is 13.2 Å². The first-order valence-corrected chi connectivity index (χ1v) is 5.80. The summed E-state index contributed by atoms with van der Waals surface area (Å²) in [6.45, 7) is 1.65. The van der Waals surface area contributed by atoms with Gasteiger partial charge in [-0.05, 0) is 13.0 Å². The minimum atomic E-state index is -4.18. The molecule has 0 heterocycles. The highest BCUT2D eigenvalue weighted by Crippen LogP contribution is 2.22. The fourth-order valence-corrected chi connectivity index (χ4v) is 1.60. The van der Waals surface area contributed by atoms with Gasteiger partial charge in [-0.2, -0.15) is 18.4 Å². The highest BCUT2D eigenvalue weighted by Gasteiger charge is 2.29. The van der Waals surface area contributed by atoms with Gasteiger partial charge in [0.25, 0.3) is 0 Å². The molecule has 0 saturated carbocycles. The van der Waals surface area contributed by atoms with E-state index >= 15 is 0 Å². The molecule has 0 aliphatic carbocycles. The first-order chi connectivity index (χ1) is 8.92. The van der Waals surface area contributed by atoms with Gasteiger partial charge in [-0.3, -0.25) is 0 Å². The van der Waals surface area contributed by atoms with Gasteiger partial charge in [0.2, 0.25) is 0 Å². The predicted molar refractivity (Wildman–Crippen MR) is 64.5 cm³/mol. The third-order valence-electron chi connectivity index (χ3n) is 2.44. The Hall–Kier alpha value is -1.74. The number of nitrogens with zero attached hydrogens (tertiary/aromatic N) is 1. The van der Waals surface area contributed by atoms with E-state index in [0.717, 1.165) is 5.56 Å². The molecule has 1 aromatic carbocycles. The summed E-state index contributed by atoms with van der Waals surface area (Å²) < 4.78 is 41.7. The van der Waals surface area contributed by atoms with E-state index in [1.54, 1.807) is 24.3 Å². The van der Waals surface area contributed by atoms with Crippen LogP contribution in [0.25, 0.3) is 0 Å². The van der Waals surface area contributed by atoms with Gasteiger partial charge in [0.15, 0.2) is 6.61 Å². The van der Waals surface area contributed by atoms with Crippen molar-refractivity contribution in [3.05, 3.63) is 29.8 Å². The summed E-state index contributed by atoms with van der Waals surface area (Å²) in [4.78, 5) is 0. The molecular formula is C13H15F3N2O. The Labute approximate surface area is 110 Å². The largest absolute Gasteiger partial charge is 0.478 e. The maximum atomic E-state index is 12.2. The molecule has 0 aliphatic rings. The Morgan fingerprint density at radius 3 is 2.68 bits per heavy atom. The molecule has 0 aliphatic heterocycles. The molecule has 1 N–H and O–H groups in total. The van der Waals surface area contributed by atoms with Crippen molar-refractivity contribution >= 4 is 0 Å². The fourth-order valence-electron chi connectivity index (χ4n) is 1.60. The van der Waals surface area contributed by atoms with Gasteiger partial charge >= 0.3 is 6.18 Å². The standard InChI is InChI=1S/C13H15F3N2O/c1-10(8-13(14,15)16)18-9-11-4-2-3-5-12(11)19-7-6-17/h2-5,10,18H,7-9H2,1H3. The van der Waals surface area contributed by atoms with Gasteiger partial charge in [0.1, 0.15) is 11.8 Å². The number of hydrogen-bond acceptors (Lipinski definition) is 3. The third kappa shape index (κ3) is 6.11. The van der Waals surface area contributed by atoms with Crippen molar-refractivity contribution in [1.82, 2.24) is 5.32 Å². The van der Waals surface area contributed by atoms with E-state index in [1.807, 2.05) is 6.07 Å². The van der Waals surface area contributed by atoms with E-state index in [2.05, 4.69) is 5.32 Å². The Bertz CT molecular complexity index is 440.